The number of hydrogen-bond acceptors (Lipinski definition) is 4. The maximum Gasteiger partial charge on any atom is 0.303 e. The van der Waals surface area contributed by atoms with E-state index >= 15 is 0 Å². The first-order valence-electron chi connectivity index (χ1n) is 5.38. The molecule has 0 amide bonds. The molecule has 0 aliphatic heterocycles. The summed E-state index contributed by atoms with van der Waals surface area (Å²) in [6.07, 6.45) is 1.43. The molecule has 0 aliphatic carbocycles. The van der Waals surface area contributed by atoms with Crippen LogP contribution in [0.4, 0.5) is 0 Å². The van der Waals surface area contributed by atoms with Gasteiger partial charge in [-0.05, 0) is 23.6 Å². The summed E-state index contributed by atoms with van der Waals surface area (Å²) in [6.45, 7) is 1.82. The molecule has 0 saturated heterocycles. The molecule has 3 N–H and O–H groups in total. The number of benzene rings is 1. The van der Waals surface area contributed by atoms with E-state index < -0.39 is 5.97 Å². The van der Waals surface area contributed by atoms with Gasteiger partial charge in [-0.25, -0.2) is 4.98 Å². The highest BCUT2D eigenvalue weighted by Crippen LogP contribution is 2.25. The van der Waals surface area contributed by atoms with Crippen LogP contribution in [-0.4, -0.2) is 16.1 Å². The second-order valence-electron chi connectivity index (χ2n) is 4.18. The summed E-state index contributed by atoms with van der Waals surface area (Å²) in [6, 6.07) is 5.17. The van der Waals surface area contributed by atoms with Crippen molar-refractivity contribution in [1.29, 1.82) is 0 Å². The summed E-state index contributed by atoms with van der Waals surface area (Å²) in [5.41, 5.74) is 8.32. The second kappa shape index (κ2) is 4.55. The van der Waals surface area contributed by atoms with Crippen molar-refractivity contribution in [2.75, 3.05) is 0 Å². The molecule has 0 fully saturated rings. The zero-order valence-electron chi connectivity index (χ0n) is 9.46. The highest BCUT2D eigenvalue weighted by molar-refractivity contribution is 5.73. The summed E-state index contributed by atoms with van der Waals surface area (Å²) in [7, 11) is 0. The molecule has 0 saturated carbocycles. The van der Waals surface area contributed by atoms with Crippen molar-refractivity contribution in [1.82, 2.24) is 4.98 Å². The van der Waals surface area contributed by atoms with Gasteiger partial charge in [-0.15, -0.1) is 0 Å². The fraction of sp³-hybridized carbons (Fsp3) is 0.333. The third-order valence-corrected chi connectivity index (χ3v) is 2.85. The predicted molar refractivity (Wildman–Crippen MR) is 62.4 cm³/mol. The minimum absolute atomic E-state index is 0.0512. The summed E-state index contributed by atoms with van der Waals surface area (Å²) >= 11 is 0. The molecule has 5 heteroatoms. The molecule has 2 atom stereocenters. The normalized spacial score (nSPS) is 14.7. The standard InChI is InChI=1S/C12H14N2O3/c1-7(4-11(15)16)12(13)8-2-3-9-10(5-8)17-6-14-9/h2-3,5-7,12H,4,13H2,1H3,(H,15,16). The Morgan fingerprint density at radius 1 is 1.59 bits per heavy atom. The zero-order chi connectivity index (χ0) is 12.4. The van der Waals surface area contributed by atoms with Gasteiger partial charge in [0.05, 0.1) is 0 Å². The van der Waals surface area contributed by atoms with Crippen LogP contribution in [0.25, 0.3) is 11.1 Å². The van der Waals surface area contributed by atoms with Crippen molar-refractivity contribution < 1.29 is 14.3 Å². The Morgan fingerprint density at radius 3 is 3.06 bits per heavy atom. The fourth-order valence-electron chi connectivity index (χ4n) is 1.81. The van der Waals surface area contributed by atoms with Gasteiger partial charge in [0, 0.05) is 12.5 Å². The van der Waals surface area contributed by atoms with Gasteiger partial charge in [-0.1, -0.05) is 13.0 Å². The van der Waals surface area contributed by atoms with Gasteiger partial charge >= 0.3 is 5.97 Å². The Kier molecular flexibility index (Phi) is 3.10. The maximum absolute atomic E-state index is 10.6. The van der Waals surface area contributed by atoms with Crippen molar-refractivity contribution in [3.8, 4) is 0 Å². The number of carboxylic acid groups (broad SMARTS) is 1. The third-order valence-electron chi connectivity index (χ3n) is 2.85. The minimum Gasteiger partial charge on any atom is -0.481 e. The topological polar surface area (TPSA) is 89.3 Å². The van der Waals surface area contributed by atoms with Crippen LogP contribution in [0.15, 0.2) is 29.0 Å². The number of oxazole rings is 1. The molecule has 1 heterocycles. The van der Waals surface area contributed by atoms with Crippen molar-refractivity contribution in [3.05, 3.63) is 30.2 Å². The summed E-state index contributed by atoms with van der Waals surface area (Å²) in [4.78, 5) is 14.6. The van der Waals surface area contributed by atoms with Crippen LogP contribution >= 0.6 is 0 Å². The van der Waals surface area contributed by atoms with Crippen LogP contribution in [0.2, 0.25) is 0 Å². The van der Waals surface area contributed by atoms with Crippen LogP contribution in [-0.2, 0) is 4.79 Å². The number of rotatable bonds is 4. The van der Waals surface area contributed by atoms with Gasteiger partial charge in [0.2, 0.25) is 0 Å². The van der Waals surface area contributed by atoms with Gasteiger partial charge in [0.15, 0.2) is 12.0 Å². The van der Waals surface area contributed by atoms with Gasteiger partial charge < -0.3 is 15.3 Å². The highest BCUT2D eigenvalue weighted by atomic mass is 16.4. The number of aromatic nitrogens is 1. The zero-order valence-corrected chi connectivity index (χ0v) is 9.46. The number of carboxylic acids is 1. The molecule has 90 valence electrons. The number of nitrogens with zero attached hydrogens (tertiary/aromatic N) is 1. The fourth-order valence-corrected chi connectivity index (χ4v) is 1.81. The molecule has 2 rings (SSSR count). The van der Waals surface area contributed by atoms with Crippen molar-refractivity contribution >= 4 is 17.1 Å². The predicted octanol–water partition coefficient (Wildman–Crippen LogP) is 1.94. The van der Waals surface area contributed by atoms with Crippen molar-refractivity contribution in [2.45, 2.75) is 19.4 Å². The lowest BCUT2D eigenvalue weighted by molar-refractivity contribution is -0.138. The summed E-state index contributed by atoms with van der Waals surface area (Å²) < 4.78 is 5.19. The quantitative estimate of drug-likeness (QED) is 0.843. The number of fused-ring (bicyclic) bond motifs is 1. The summed E-state index contributed by atoms with van der Waals surface area (Å²) in [5, 5.41) is 8.73. The maximum atomic E-state index is 10.6. The van der Waals surface area contributed by atoms with E-state index in [2.05, 4.69) is 4.98 Å². The molecular formula is C12H14N2O3. The minimum atomic E-state index is -0.839. The van der Waals surface area contributed by atoms with E-state index in [-0.39, 0.29) is 18.4 Å². The van der Waals surface area contributed by atoms with Crippen molar-refractivity contribution in [3.63, 3.8) is 0 Å². The molecular weight excluding hydrogens is 220 g/mol. The average molecular weight is 234 g/mol. The molecule has 1 aromatic carbocycles. The van der Waals surface area contributed by atoms with Gasteiger partial charge in [0.25, 0.3) is 0 Å². The molecule has 5 nitrogen and oxygen atoms in total. The Bertz CT molecular complexity index is 535. The van der Waals surface area contributed by atoms with E-state index in [0.717, 1.165) is 11.1 Å². The first-order chi connectivity index (χ1) is 8.08. The van der Waals surface area contributed by atoms with E-state index in [4.69, 9.17) is 15.3 Å². The van der Waals surface area contributed by atoms with E-state index in [0.29, 0.717) is 5.58 Å². The van der Waals surface area contributed by atoms with Crippen LogP contribution in [0, 0.1) is 5.92 Å². The summed E-state index contributed by atoms with van der Waals surface area (Å²) in [5.74, 6) is -0.971. The van der Waals surface area contributed by atoms with Gasteiger partial charge in [-0.3, -0.25) is 4.79 Å². The van der Waals surface area contributed by atoms with Crippen LogP contribution in [0.1, 0.15) is 24.9 Å². The number of nitrogens with two attached hydrogens (primary N) is 1. The van der Waals surface area contributed by atoms with E-state index in [1.165, 1.54) is 6.39 Å². The molecule has 0 radical (unpaired) electrons. The first kappa shape index (κ1) is 11.6. The van der Waals surface area contributed by atoms with Gasteiger partial charge in [0.1, 0.15) is 5.52 Å². The number of hydrogen-bond donors (Lipinski definition) is 2. The number of aliphatic carboxylic acids is 1. The molecule has 2 unspecified atom stereocenters. The third kappa shape index (κ3) is 2.45. The lowest BCUT2D eigenvalue weighted by atomic mass is 9.92. The Balaban J connectivity index is 2.23. The van der Waals surface area contributed by atoms with E-state index in [1.807, 2.05) is 25.1 Å². The van der Waals surface area contributed by atoms with Crippen LogP contribution < -0.4 is 5.73 Å². The molecule has 0 aliphatic rings. The first-order valence-corrected chi connectivity index (χ1v) is 5.38. The Hall–Kier alpha value is -1.88. The molecule has 0 spiro atoms. The SMILES string of the molecule is CC(CC(=O)O)C(N)c1ccc2ncoc2c1. The number of carbonyl (C=O) groups is 1. The second-order valence-corrected chi connectivity index (χ2v) is 4.18. The monoisotopic (exact) mass is 234 g/mol. The Labute approximate surface area is 98.2 Å². The largest absolute Gasteiger partial charge is 0.481 e. The molecule has 17 heavy (non-hydrogen) atoms. The smallest absolute Gasteiger partial charge is 0.303 e. The molecule has 1 aromatic heterocycles. The highest BCUT2D eigenvalue weighted by Gasteiger charge is 2.18. The molecule has 2 aromatic rings. The molecule has 0 bridgehead atoms. The van der Waals surface area contributed by atoms with Crippen LogP contribution in [0.3, 0.4) is 0 Å². The van der Waals surface area contributed by atoms with Crippen molar-refractivity contribution in [2.24, 2.45) is 11.7 Å². The lowest BCUT2D eigenvalue weighted by Gasteiger charge is -2.18. The van der Waals surface area contributed by atoms with Crippen LogP contribution in [0.5, 0.6) is 0 Å². The van der Waals surface area contributed by atoms with E-state index in [9.17, 15) is 4.79 Å². The van der Waals surface area contributed by atoms with E-state index in [1.54, 1.807) is 0 Å². The Morgan fingerprint density at radius 2 is 2.35 bits per heavy atom. The lowest BCUT2D eigenvalue weighted by Crippen LogP contribution is -2.21. The average Bonchev–Trinajstić information content (AvgIpc) is 2.73. The van der Waals surface area contributed by atoms with Gasteiger partial charge in [-0.2, -0.15) is 0 Å².